The lowest BCUT2D eigenvalue weighted by atomic mass is 10.1. The molecule has 96 valence electrons. The zero-order valence-electron chi connectivity index (χ0n) is 11.1. The van der Waals surface area contributed by atoms with Gasteiger partial charge in [-0.3, -0.25) is 4.98 Å². The van der Waals surface area contributed by atoms with E-state index in [1.807, 2.05) is 12.2 Å². The lowest BCUT2D eigenvalue weighted by Crippen LogP contribution is -2.43. The largest absolute Gasteiger partial charge is 0.368 e. The Bertz CT molecular complexity index is 445. The highest BCUT2D eigenvalue weighted by Crippen LogP contribution is 2.26. The van der Waals surface area contributed by atoms with Crippen molar-refractivity contribution in [3.05, 3.63) is 36.2 Å². The third-order valence-electron chi connectivity index (χ3n) is 3.34. The molecule has 0 radical (unpaired) electrons. The molecule has 1 aromatic rings. The minimum atomic E-state index is 0.942. The maximum Gasteiger partial charge on any atom is 0.0720 e. The fourth-order valence-electron chi connectivity index (χ4n) is 2.33. The van der Waals surface area contributed by atoms with E-state index >= 15 is 0 Å². The number of rotatable bonds is 4. The van der Waals surface area contributed by atoms with Crippen LogP contribution in [0, 0.1) is 0 Å². The molecule has 1 N–H and O–H groups in total. The maximum atomic E-state index is 4.60. The van der Waals surface area contributed by atoms with Gasteiger partial charge in [0.1, 0.15) is 0 Å². The summed E-state index contributed by atoms with van der Waals surface area (Å²) in [5.74, 6) is 0. The minimum Gasteiger partial charge on any atom is -0.368 e. The SMILES string of the molecule is C=Cc1nc(CC)cc(N2CCNCC2)c1C=C. The summed E-state index contributed by atoms with van der Waals surface area (Å²) < 4.78 is 0. The molecule has 2 rings (SSSR count). The van der Waals surface area contributed by atoms with Crippen LogP contribution in [-0.4, -0.2) is 31.2 Å². The Morgan fingerprint density at radius 2 is 2.06 bits per heavy atom. The van der Waals surface area contributed by atoms with Crippen LogP contribution in [0.4, 0.5) is 5.69 Å². The van der Waals surface area contributed by atoms with Gasteiger partial charge in [-0.25, -0.2) is 0 Å². The zero-order chi connectivity index (χ0) is 13.0. The molecular weight excluding hydrogens is 222 g/mol. The third-order valence-corrected chi connectivity index (χ3v) is 3.34. The second kappa shape index (κ2) is 5.83. The summed E-state index contributed by atoms with van der Waals surface area (Å²) in [5.41, 5.74) is 4.40. The van der Waals surface area contributed by atoms with Crippen molar-refractivity contribution < 1.29 is 0 Å². The van der Waals surface area contributed by atoms with Gasteiger partial charge in [0.2, 0.25) is 0 Å². The number of nitrogens with one attached hydrogen (secondary N) is 1. The minimum absolute atomic E-state index is 0.942. The van der Waals surface area contributed by atoms with Gasteiger partial charge in [-0.2, -0.15) is 0 Å². The van der Waals surface area contributed by atoms with E-state index in [0.717, 1.165) is 49.6 Å². The highest BCUT2D eigenvalue weighted by Gasteiger charge is 2.16. The third kappa shape index (κ3) is 2.46. The van der Waals surface area contributed by atoms with E-state index in [0.29, 0.717) is 0 Å². The highest BCUT2D eigenvalue weighted by atomic mass is 15.2. The molecular formula is C15H21N3. The van der Waals surface area contributed by atoms with Crippen LogP contribution in [-0.2, 0) is 6.42 Å². The Balaban J connectivity index is 2.47. The Labute approximate surface area is 109 Å². The van der Waals surface area contributed by atoms with Crippen molar-refractivity contribution in [2.24, 2.45) is 0 Å². The van der Waals surface area contributed by atoms with Gasteiger partial charge in [0, 0.05) is 43.1 Å². The van der Waals surface area contributed by atoms with Crippen LogP contribution in [0.15, 0.2) is 19.2 Å². The van der Waals surface area contributed by atoms with Gasteiger partial charge in [0.15, 0.2) is 0 Å². The molecule has 1 aliphatic heterocycles. The van der Waals surface area contributed by atoms with Crippen LogP contribution >= 0.6 is 0 Å². The molecule has 0 bridgehead atoms. The molecule has 3 heteroatoms. The van der Waals surface area contributed by atoms with E-state index in [9.17, 15) is 0 Å². The van der Waals surface area contributed by atoms with E-state index in [4.69, 9.17) is 0 Å². The average Bonchev–Trinajstić information content (AvgIpc) is 2.46. The van der Waals surface area contributed by atoms with Gasteiger partial charge in [-0.05, 0) is 18.6 Å². The normalized spacial score (nSPS) is 15.5. The predicted octanol–water partition coefficient (Wildman–Crippen LogP) is 2.34. The molecule has 2 heterocycles. The van der Waals surface area contributed by atoms with Crippen molar-refractivity contribution in [1.82, 2.24) is 10.3 Å². The number of piperazine rings is 1. The fraction of sp³-hybridized carbons (Fsp3) is 0.400. The molecule has 3 nitrogen and oxygen atoms in total. The summed E-state index contributed by atoms with van der Waals surface area (Å²) in [4.78, 5) is 7.01. The first-order valence-electron chi connectivity index (χ1n) is 6.54. The molecule has 0 amide bonds. The monoisotopic (exact) mass is 243 g/mol. The summed E-state index contributed by atoms with van der Waals surface area (Å²) in [6, 6.07) is 2.19. The Hall–Kier alpha value is -1.61. The topological polar surface area (TPSA) is 28.2 Å². The van der Waals surface area contributed by atoms with E-state index in [1.165, 1.54) is 5.69 Å². The second-order valence-electron chi connectivity index (χ2n) is 4.43. The number of anilines is 1. The van der Waals surface area contributed by atoms with E-state index in [1.54, 1.807) is 0 Å². The fourth-order valence-corrected chi connectivity index (χ4v) is 2.33. The molecule has 1 saturated heterocycles. The number of nitrogens with zero attached hydrogens (tertiary/aromatic N) is 2. The quantitative estimate of drug-likeness (QED) is 0.880. The number of hydrogen-bond donors (Lipinski definition) is 1. The van der Waals surface area contributed by atoms with Crippen molar-refractivity contribution in [2.45, 2.75) is 13.3 Å². The second-order valence-corrected chi connectivity index (χ2v) is 4.43. The number of aromatic nitrogens is 1. The van der Waals surface area contributed by atoms with Crippen LogP contribution in [0.1, 0.15) is 23.9 Å². The number of pyridine rings is 1. The van der Waals surface area contributed by atoms with Crippen LogP contribution in [0.25, 0.3) is 12.2 Å². The van der Waals surface area contributed by atoms with E-state index in [2.05, 4.69) is 41.3 Å². The van der Waals surface area contributed by atoms with Gasteiger partial charge in [0.25, 0.3) is 0 Å². The summed E-state index contributed by atoms with van der Waals surface area (Å²) in [6.45, 7) is 14.0. The van der Waals surface area contributed by atoms with Crippen molar-refractivity contribution in [2.75, 3.05) is 31.1 Å². The highest BCUT2D eigenvalue weighted by molar-refractivity contribution is 5.74. The number of aryl methyl sites for hydroxylation is 1. The van der Waals surface area contributed by atoms with Gasteiger partial charge >= 0.3 is 0 Å². The van der Waals surface area contributed by atoms with Gasteiger partial charge < -0.3 is 10.2 Å². The van der Waals surface area contributed by atoms with Crippen molar-refractivity contribution >= 4 is 17.8 Å². The zero-order valence-corrected chi connectivity index (χ0v) is 11.1. The number of hydrogen-bond acceptors (Lipinski definition) is 3. The van der Waals surface area contributed by atoms with Crippen LogP contribution in [0.3, 0.4) is 0 Å². The summed E-state index contributed by atoms with van der Waals surface area (Å²) in [7, 11) is 0. The molecule has 1 fully saturated rings. The molecule has 1 aromatic heterocycles. The predicted molar refractivity (Wildman–Crippen MR) is 78.9 cm³/mol. The van der Waals surface area contributed by atoms with Crippen molar-refractivity contribution in [1.29, 1.82) is 0 Å². The molecule has 0 spiro atoms. The first kappa shape index (κ1) is 12.8. The molecule has 1 aliphatic rings. The lowest BCUT2D eigenvalue weighted by molar-refractivity contribution is 0.588. The summed E-state index contributed by atoms with van der Waals surface area (Å²) in [6.07, 6.45) is 4.65. The lowest BCUT2D eigenvalue weighted by Gasteiger charge is -2.31. The molecule has 0 unspecified atom stereocenters. The van der Waals surface area contributed by atoms with E-state index < -0.39 is 0 Å². The van der Waals surface area contributed by atoms with Crippen LogP contribution < -0.4 is 10.2 Å². The summed E-state index contributed by atoms with van der Waals surface area (Å²) in [5, 5.41) is 3.38. The first-order chi connectivity index (χ1) is 8.80. The molecule has 0 atom stereocenters. The Morgan fingerprint density at radius 3 is 2.61 bits per heavy atom. The Morgan fingerprint density at radius 1 is 1.33 bits per heavy atom. The standard InChI is InChI=1S/C15H21N3/c1-4-12-11-15(18-9-7-16-8-10-18)13(5-2)14(6-3)17-12/h5-6,11,16H,2-4,7-10H2,1H3. The van der Waals surface area contributed by atoms with Crippen molar-refractivity contribution in [3.8, 4) is 0 Å². The molecule has 0 aliphatic carbocycles. The molecule has 18 heavy (non-hydrogen) atoms. The smallest absolute Gasteiger partial charge is 0.0720 e. The van der Waals surface area contributed by atoms with Gasteiger partial charge in [-0.15, -0.1) is 0 Å². The summed E-state index contributed by atoms with van der Waals surface area (Å²) >= 11 is 0. The van der Waals surface area contributed by atoms with Gasteiger partial charge in [-0.1, -0.05) is 26.2 Å². The molecule has 0 aromatic carbocycles. The van der Waals surface area contributed by atoms with Crippen molar-refractivity contribution in [3.63, 3.8) is 0 Å². The van der Waals surface area contributed by atoms with Crippen LogP contribution in [0.2, 0.25) is 0 Å². The molecule has 0 saturated carbocycles. The van der Waals surface area contributed by atoms with Gasteiger partial charge in [0.05, 0.1) is 5.69 Å². The van der Waals surface area contributed by atoms with Crippen LogP contribution in [0.5, 0.6) is 0 Å². The average molecular weight is 243 g/mol. The maximum absolute atomic E-state index is 4.60. The first-order valence-corrected chi connectivity index (χ1v) is 6.54. The van der Waals surface area contributed by atoms with E-state index in [-0.39, 0.29) is 0 Å². The Kier molecular flexibility index (Phi) is 4.15.